The molecule has 0 aliphatic rings. The second-order valence-corrected chi connectivity index (χ2v) is 11.4. The van der Waals surface area contributed by atoms with Gasteiger partial charge in [0.15, 0.2) is 5.01 Å². The zero-order chi connectivity index (χ0) is 30.2. The predicted molar refractivity (Wildman–Crippen MR) is 153 cm³/mol. The van der Waals surface area contributed by atoms with Gasteiger partial charge in [0, 0.05) is 11.6 Å². The van der Waals surface area contributed by atoms with Gasteiger partial charge in [-0.2, -0.15) is 0 Å². The molecule has 0 fully saturated rings. The van der Waals surface area contributed by atoms with Crippen LogP contribution in [0.4, 0.5) is 13.2 Å². The Balaban J connectivity index is 1.51. The summed E-state index contributed by atoms with van der Waals surface area (Å²) in [6, 6.07) is 7.00. The second-order valence-electron chi connectivity index (χ2n) is 9.51. The highest BCUT2D eigenvalue weighted by Crippen LogP contribution is 2.30. The van der Waals surface area contributed by atoms with Crippen LogP contribution in [0.1, 0.15) is 51.2 Å². The van der Waals surface area contributed by atoms with Crippen LogP contribution >= 0.6 is 22.7 Å². The van der Waals surface area contributed by atoms with E-state index in [9.17, 15) is 32.7 Å². The maximum Gasteiger partial charge on any atom is 0.263 e. The van der Waals surface area contributed by atoms with Crippen molar-refractivity contribution in [2.75, 3.05) is 0 Å². The lowest BCUT2D eigenvalue weighted by Gasteiger charge is -2.23. The summed E-state index contributed by atoms with van der Waals surface area (Å²) in [6.45, 7) is 1.53. The van der Waals surface area contributed by atoms with Crippen LogP contribution in [0.15, 0.2) is 60.2 Å². The average Bonchev–Trinajstić information content (AvgIpc) is 3.67. The molecule has 0 radical (unpaired) electrons. The molecular weight excluding hydrogens is 589 g/mol. The van der Waals surface area contributed by atoms with E-state index in [1.807, 2.05) is 0 Å². The van der Waals surface area contributed by atoms with E-state index in [-0.39, 0.29) is 39.7 Å². The van der Waals surface area contributed by atoms with Crippen LogP contribution in [0.2, 0.25) is 0 Å². The highest BCUT2D eigenvalue weighted by atomic mass is 32.1. The quantitative estimate of drug-likeness (QED) is 0.183. The van der Waals surface area contributed by atoms with Crippen LogP contribution in [0.25, 0.3) is 10.6 Å². The molecule has 0 aliphatic carbocycles. The van der Waals surface area contributed by atoms with E-state index >= 15 is 0 Å². The third-order valence-electron chi connectivity index (χ3n) is 6.31. The SMILES string of the molecule is CC(O)CC[C@H](NC(=O)c1cnc(-c2c(F)cccc2F)s1)C(=O)N[C@@H](CCc1ccc(F)cc1)C(=O)c1nccs1. The Bertz CT molecular complexity index is 1510. The number of aryl methyl sites for hydroxylation is 1. The van der Waals surface area contributed by atoms with Gasteiger partial charge in [0.1, 0.15) is 33.4 Å². The van der Waals surface area contributed by atoms with Gasteiger partial charge >= 0.3 is 0 Å². The molecule has 2 aromatic heterocycles. The van der Waals surface area contributed by atoms with Crippen LogP contribution in [0, 0.1) is 17.5 Å². The van der Waals surface area contributed by atoms with Gasteiger partial charge in [-0.05, 0) is 62.4 Å². The number of aromatic nitrogens is 2. The second kappa shape index (κ2) is 14.3. The smallest absolute Gasteiger partial charge is 0.263 e. The number of nitrogens with zero attached hydrogens (tertiary/aromatic N) is 2. The van der Waals surface area contributed by atoms with Gasteiger partial charge in [-0.15, -0.1) is 22.7 Å². The van der Waals surface area contributed by atoms with Gasteiger partial charge < -0.3 is 15.7 Å². The number of rotatable bonds is 13. The molecule has 0 aliphatic heterocycles. The van der Waals surface area contributed by atoms with Crippen molar-refractivity contribution in [2.45, 2.75) is 50.8 Å². The van der Waals surface area contributed by atoms with Gasteiger partial charge in [-0.3, -0.25) is 14.4 Å². The first kappa shape index (κ1) is 31.0. The molecule has 3 N–H and O–H groups in total. The number of halogens is 3. The number of aliphatic hydroxyl groups excluding tert-OH is 1. The Morgan fingerprint density at radius 3 is 2.29 bits per heavy atom. The van der Waals surface area contributed by atoms with Crippen molar-refractivity contribution in [3.63, 3.8) is 0 Å². The summed E-state index contributed by atoms with van der Waals surface area (Å²) in [5, 5.41) is 16.9. The van der Waals surface area contributed by atoms with E-state index in [4.69, 9.17) is 0 Å². The molecule has 0 saturated carbocycles. The van der Waals surface area contributed by atoms with E-state index in [2.05, 4.69) is 20.6 Å². The molecule has 220 valence electrons. The van der Waals surface area contributed by atoms with E-state index < -0.39 is 53.2 Å². The number of nitrogens with one attached hydrogen (secondary N) is 2. The predicted octanol–water partition coefficient (Wildman–Crippen LogP) is 4.94. The summed E-state index contributed by atoms with van der Waals surface area (Å²) in [7, 11) is 0. The zero-order valence-electron chi connectivity index (χ0n) is 22.4. The fourth-order valence-corrected chi connectivity index (χ4v) is 5.60. The fraction of sp³-hybridized carbons (Fsp3) is 0.276. The van der Waals surface area contributed by atoms with Gasteiger partial charge in [-0.1, -0.05) is 18.2 Å². The first-order valence-corrected chi connectivity index (χ1v) is 14.7. The number of amides is 2. The van der Waals surface area contributed by atoms with Gasteiger partial charge in [0.05, 0.1) is 23.9 Å². The topological polar surface area (TPSA) is 121 Å². The number of hydrogen-bond donors (Lipinski definition) is 3. The Morgan fingerprint density at radius 1 is 0.929 bits per heavy atom. The van der Waals surface area contributed by atoms with Gasteiger partial charge in [0.2, 0.25) is 11.7 Å². The molecule has 1 unspecified atom stereocenters. The minimum Gasteiger partial charge on any atom is -0.393 e. The molecular formula is C29H27F3N4O4S2. The molecule has 2 aromatic carbocycles. The molecule has 0 bridgehead atoms. The first-order chi connectivity index (χ1) is 20.1. The van der Waals surface area contributed by atoms with Crippen LogP contribution in [-0.2, 0) is 11.2 Å². The summed E-state index contributed by atoms with van der Waals surface area (Å²) in [6.07, 6.45) is 2.58. The van der Waals surface area contributed by atoms with Crippen molar-refractivity contribution < 1.29 is 32.7 Å². The summed E-state index contributed by atoms with van der Waals surface area (Å²) in [4.78, 5) is 47.8. The number of hydrogen-bond acceptors (Lipinski definition) is 8. The molecule has 2 heterocycles. The van der Waals surface area contributed by atoms with Crippen molar-refractivity contribution in [2.24, 2.45) is 0 Å². The summed E-state index contributed by atoms with van der Waals surface area (Å²) in [5.74, 6) is -3.85. The number of ketones is 1. The molecule has 3 atom stereocenters. The van der Waals surface area contributed by atoms with E-state index in [0.29, 0.717) is 6.42 Å². The third kappa shape index (κ3) is 8.08. The highest BCUT2D eigenvalue weighted by molar-refractivity contribution is 7.16. The minimum absolute atomic E-state index is 0.00854. The number of thiazole rings is 2. The van der Waals surface area contributed by atoms with E-state index in [1.54, 1.807) is 17.5 Å². The molecule has 0 spiro atoms. The number of aliphatic hydroxyl groups is 1. The van der Waals surface area contributed by atoms with Crippen molar-refractivity contribution in [3.8, 4) is 10.6 Å². The Labute approximate surface area is 247 Å². The zero-order valence-corrected chi connectivity index (χ0v) is 24.0. The molecule has 4 aromatic rings. The molecule has 2 amide bonds. The maximum absolute atomic E-state index is 14.2. The molecule has 42 heavy (non-hydrogen) atoms. The number of carbonyl (C=O) groups is 3. The van der Waals surface area contributed by atoms with Gasteiger partial charge in [0.25, 0.3) is 5.91 Å². The summed E-state index contributed by atoms with van der Waals surface area (Å²) >= 11 is 1.87. The van der Waals surface area contributed by atoms with E-state index in [1.165, 1.54) is 31.3 Å². The average molecular weight is 617 g/mol. The van der Waals surface area contributed by atoms with Crippen LogP contribution in [0.3, 0.4) is 0 Å². The lowest BCUT2D eigenvalue weighted by molar-refractivity contribution is -0.123. The molecule has 13 heteroatoms. The lowest BCUT2D eigenvalue weighted by Crippen LogP contribution is -2.51. The Morgan fingerprint density at radius 2 is 1.64 bits per heavy atom. The Kier molecular flexibility index (Phi) is 10.6. The monoisotopic (exact) mass is 616 g/mol. The van der Waals surface area contributed by atoms with Crippen molar-refractivity contribution >= 4 is 40.3 Å². The molecule has 4 rings (SSSR count). The first-order valence-electron chi connectivity index (χ1n) is 13.0. The minimum atomic E-state index is -1.15. The van der Waals surface area contributed by atoms with Crippen LogP contribution < -0.4 is 10.6 Å². The lowest BCUT2D eigenvalue weighted by atomic mass is 10.0. The number of benzene rings is 2. The van der Waals surface area contributed by atoms with E-state index in [0.717, 1.165) is 46.6 Å². The Hall–Kier alpha value is -3.94. The molecule has 0 saturated heterocycles. The summed E-state index contributed by atoms with van der Waals surface area (Å²) < 4.78 is 41.8. The summed E-state index contributed by atoms with van der Waals surface area (Å²) in [5.41, 5.74) is 0.392. The fourth-order valence-electron chi connectivity index (χ4n) is 4.10. The standard InChI is InChI=1S/C29H27F3N4O4S2/c1-16(37)5-11-22(36-27(40)23-15-34-28(42-23)24-19(31)3-2-4-20(24)32)26(39)35-21(25(38)29-33-13-14-41-29)12-8-17-6-9-18(30)10-7-17/h2-4,6-7,9-10,13-16,21-22,37H,5,8,11-12H2,1H3,(H,35,39)(H,36,40)/t16?,21-,22-/m0/s1. The van der Waals surface area contributed by atoms with Crippen LogP contribution in [0.5, 0.6) is 0 Å². The van der Waals surface area contributed by atoms with Crippen LogP contribution in [-0.4, -0.2) is 50.9 Å². The largest absolute Gasteiger partial charge is 0.393 e. The highest BCUT2D eigenvalue weighted by Gasteiger charge is 2.29. The van der Waals surface area contributed by atoms with Crippen molar-refractivity contribution in [1.82, 2.24) is 20.6 Å². The number of Topliss-reactive ketones (excluding diaryl/α,β-unsaturated/α-hetero) is 1. The maximum atomic E-state index is 14.2. The molecule has 8 nitrogen and oxygen atoms in total. The number of carbonyl (C=O) groups excluding carboxylic acids is 3. The van der Waals surface area contributed by atoms with Gasteiger partial charge in [-0.25, -0.2) is 23.1 Å². The third-order valence-corrected chi connectivity index (χ3v) is 8.11. The van der Waals surface area contributed by atoms with Crippen molar-refractivity contribution in [3.05, 3.63) is 93.1 Å². The van der Waals surface area contributed by atoms with Crippen molar-refractivity contribution in [1.29, 1.82) is 0 Å². The normalized spacial score (nSPS) is 13.3.